The van der Waals surface area contributed by atoms with Crippen LogP contribution in [0.1, 0.15) is 27.9 Å². The maximum absolute atomic E-state index is 5.63. The lowest BCUT2D eigenvalue weighted by molar-refractivity contribution is 0.288. The molecule has 2 heterocycles. The zero-order valence-electron chi connectivity index (χ0n) is 9.66. The van der Waals surface area contributed by atoms with E-state index in [4.69, 9.17) is 9.15 Å². The minimum atomic E-state index is 0.137. The van der Waals surface area contributed by atoms with E-state index in [0.29, 0.717) is 0 Å². The van der Waals surface area contributed by atoms with Crippen molar-refractivity contribution in [2.75, 3.05) is 6.61 Å². The Morgan fingerprint density at radius 1 is 1.22 bits per heavy atom. The number of hydrogen-bond acceptors (Lipinski definition) is 2. The zero-order chi connectivity index (χ0) is 12.5. The molecule has 94 valence electrons. The van der Waals surface area contributed by atoms with Crippen molar-refractivity contribution < 1.29 is 9.15 Å². The van der Waals surface area contributed by atoms with Crippen LogP contribution < -0.4 is 4.74 Å². The highest BCUT2D eigenvalue weighted by Crippen LogP contribution is 2.38. The highest BCUT2D eigenvalue weighted by atomic mass is 79.9. The highest BCUT2D eigenvalue weighted by molar-refractivity contribution is 9.10. The molecule has 1 aliphatic rings. The lowest BCUT2D eigenvalue weighted by Crippen LogP contribution is -2.08. The monoisotopic (exact) mass is 370 g/mol. The summed E-state index contributed by atoms with van der Waals surface area (Å²) in [5.41, 5.74) is 3.62. The standard InChI is InChI=1S/C14H12Br2O2/c15-13(11-5-7-18-14(11)16)10-3-4-12-9(8-10)2-1-6-17-12/h3-5,7-8,13H,1-2,6H2. The molecule has 0 radical (unpaired) electrons. The molecule has 1 atom stereocenters. The van der Waals surface area contributed by atoms with Crippen molar-refractivity contribution in [1.29, 1.82) is 0 Å². The fraction of sp³-hybridized carbons (Fsp3) is 0.286. The molecule has 1 aromatic heterocycles. The molecule has 1 aliphatic heterocycles. The molecule has 2 aromatic rings. The van der Waals surface area contributed by atoms with Gasteiger partial charge in [-0.25, -0.2) is 0 Å². The molecule has 0 fully saturated rings. The molecule has 0 saturated heterocycles. The van der Waals surface area contributed by atoms with E-state index in [9.17, 15) is 0 Å². The van der Waals surface area contributed by atoms with Crippen LogP contribution in [0.5, 0.6) is 5.75 Å². The van der Waals surface area contributed by atoms with E-state index in [-0.39, 0.29) is 4.83 Å². The topological polar surface area (TPSA) is 22.4 Å². The molecule has 1 aromatic carbocycles. The van der Waals surface area contributed by atoms with Crippen LogP contribution >= 0.6 is 31.9 Å². The largest absolute Gasteiger partial charge is 0.493 e. The highest BCUT2D eigenvalue weighted by Gasteiger charge is 2.18. The van der Waals surface area contributed by atoms with Gasteiger partial charge in [0.25, 0.3) is 0 Å². The first-order valence-electron chi connectivity index (χ1n) is 5.88. The number of halogens is 2. The Kier molecular flexibility index (Phi) is 3.48. The van der Waals surface area contributed by atoms with Gasteiger partial charge in [0.15, 0.2) is 4.67 Å². The first-order chi connectivity index (χ1) is 8.75. The Bertz CT molecular complexity index is 563. The molecule has 1 unspecified atom stereocenters. The van der Waals surface area contributed by atoms with E-state index < -0.39 is 0 Å². The van der Waals surface area contributed by atoms with Crippen molar-refractivity contribution >= 4 is 31.9 Å². The van der Waals surface area contributed by atoms with Crippen molar-refractivity contribution in [3.05, 3.63) is 51.9 Å². The summed E-state index contributed by atoms with van der Waals surface area (Å²) in [5.74, 6) is 1.02. The summed E-state index contributed by atoms with van der Waals surface area (Å²) in [5, 5.41) is 0. The Hall–Kier alpha value is -0.740. The summed E-state index contributed by atoms with van der Waals surface area (Å²) < 4.78 is 11.7. The normalized spacial score (nSPS) is 15.9. The second kappa shape index (κ2) is 5.10. The zero-order valence-corrected chi connectivity index (χ0v) is 12.8. The summed E-state index contributed by atoms with van der Waals surface area (Å²) >= 11 is 7.14. The van der Waals surface area contributed by atoms with Crippen molar-refractivity contribution in [1.82, 2.24) is 0 Å². The molecule has 0 N–H and O–H groups in total. The third kappa shape index (κ3) is 2.24. The van der Waals surface area contributed by atoms with Gasteiger partial charge in [-0.05, 0) is 52.0 Å². The number of rotatable bonds is 2. The van der Waals surface area contributed by atoms with Gasteiger partial charge in [0.2, 0.25) is 0 Å². The van der Waals surface area contributed by atoms with E-state index in [1.807, 2.05) is 6.07 Å². The molecular formula is C14H12Br2O2. The van der Waals surface area contributed by atoms with E-state index in [2.05, 4.69) is 50.1 Å². The lowest BCUT2D eigenvalue weighted by atomic mass is 10.00. The maximum atomic E-state index is 5.63. The number of fused-ring (bicyclic) bond motifs is 1. The molecule has 2 nitrogen and oxygen atoms in total. The lowest BCUT2D eigenvalue weighted by Gasteiger charge is -2.19. The Morgan fingerprint density at radius 3 is 2.89 bits per heavy atom. The minimum absolute atomic E-state index is 0.137. The number of alkyl halides is 1. The summed E-state index contributed by atoms with van der Waals surface area (Å²) in [4.78, 5) is 0.137. The van der Waals surface area contributed by atoms with E-state index in [1.54, 1.807) is 6.26 Å². The van der Waals surface area contributed by atoms with Crippen LogP contribution in [0.25, 0.3) is 0 Å². The van der Waals surface area contributed by atoms with Crippen LogP contribution in [0.2, 0.25) is 0 Å². The summed E-state index contributed by atoms with van der Waals surface area (Å²) in [6.45, 7) is 0.831. The second-order valence-electron chi connectivity index (χ2n) is 4.33. The van der Waals surface area contributed by atoms with Gasteiger partial charge in [-0.3, -0.25) is 0 Å². The molecule has 0 saturated carbocycles. The van der Waals surface area contributed by atoms with Crippen molar-refractivity contribution in [3.8, 4) is 5.75 Å². The quantitative estimate of drug-likeness (QED) is 0.704. The second-order valence-corrected chi connectivity index (χ2v) is 5.97. The van der Waals surface area contributed by atoms with Crippen LogP contribution in [0.15, 0.2) is 39.6 Å². The predicted molar refractivity (Wildman–Crippen MR) is 77.4 cm³/mol. The number of benzene rings is 1. The van der Waals surface area contributed by atoms with Crippen LogP contribution in [-0.2, 0) is 6.42 Å². The van der Waals surface area contributed by atoms with Crippen molar-refractivity contribution in [2.24, 2.45) is 0 Å². The average Bonchev–Trinajstić information content (AvgIpc) is 2.83. The molecule has 0 amide bonds. The third-order valence-corrected chi connectivity index (χ3v) is 4.81. The van der Waals surface area contributed by atoms with E-state index in [1.165, 1.54) is 11.1 Å². The molecule has 0 bridgehead atoms. The van der Waals surface area contributed by atoms with E-state index >= 15 is 0 Å². The smallest absolute Gasteiger partial charge is 0.173 e. The third-order valence-electron chi connectivity index (χ3n) is 3.14. The van der Waals surface area contributed by atoms with Crippen molar-refractivity contribution in [2.45, 2.75) is 17.7 Å². The van der Waals surface area contributed by atoms with Crippen LogP contribution in [0.3, 0.4) is 0 Å². The van der Waals surface area contributed by atoms with Crippen LogP contribution in [-0.4, -0.2) is 6.61 Å². The molecule has 3 rings (SSSR count). The van der Waals surface area contributed by atoms with Crippen molar-refractivity contribution in [3.63, 3.8) is 0 Å². The number of aryl methyl sites for hydroxylation is 1. The van der Waals surface area contributed by atoms with Gasteiger partial charge >= 0.3 is 0 Å². The molecule has 18 heavy (non-hydrogen) atoms. The van der Waals surface area contributed by atoms with E-state index in [0.717, 1.165) is 35.4 Å². The van der Waals surface area contributed by atoms with Gasteiger partial charge in [0, 0.05) is 5.56 Å². The SMILES string of the molecule is Brc1occc1C(Br)c1ccc2c(c1)CCCO2. The fourth-order valence-corrected chi connectivity index (χ4v) is 3.62. The number of furan rings is 1. The average molecular weight is 372 g/mol. The summed E-state index contributed by atoms with van der Waals surface area (Å²) in [7, 11) is 0. The molecule has 0 aliphatic carbocycles. The van der Waals surface area contributed by atoms with Gasteiger partial charge in [0.05, 0.1) is 17.7 Å². The Labute approximate surface area is 123 Å². The Balaban J connectivity index is 1.95. The molecule has 4 heteroatoms. The van der Waals surface area contributed by atoms with Gasteiger partial charge in [-0.2, -0.15) is 0 Å². The van der Waals surface area contributed by atoms with Gasteiger partial charge in [-0.15, -0.1) is 0 Å². The first-order valence-corrected chi connectivity index (χ1v) is 7.59. The first kappa shape index (κ1) is 12.3. The minimum Gasteiger partial charge on any atom is -0.493 e. The molecular weight excluding hydrogens is 360 g/mol. The van der Waals surface area contributed by atoms with Crippen LogP contribution in [0.4, 0.5) is 0 Å². The number of hydrogen-bond donors (Lipinski definition) is 0. The summed E-state index contributed by atoms with van der Waals surface area (Å²) in [6.07, 6.45) is 3.88. The number of ether oxygens (including phenoxy) is 1. The van der Waals surface area contributed by atoms with Gasteiger partial charge < -0.3 is 9.15 Å². The maximum Gasteiger partial charge on any atom is 0.173 e. The predicted octanol–water partition coefficient (Wildman–Crippen LogP) is 4.85. The molecule has 0 spiro atoms. The van der Waals surface area contributed by atoms with Gasteiger partial charge in [-0.1, -0.05) is 28.1 Å². The van der Waals surface area contributed by atoms with Crippen LogP contribution in [0, 0.1) is 0 Å². The summed E-state index contributed by atoms with van der Waals surface area (Å²) in [6, 6.07) is 8.35. The Morgan fingerprint density at radius 2 is 2.11 bits per heavy atom. The fourth-order valence-electron chi connectivity index (χ4n) is 2.20. The van der Waals surface area contributed by atoms with Gasteiger partial charge in [0.1, 0.15) is 5.75 Å².